The SMILES string of the molecule is Cc1cc(Br)cnc1N1CCC(Oc2ccn3nccc3n2)CC1. The van der Waals surface area contributed by atoms with Crippen LogP contribution in [0.4, 0.5) is 5.82 Å². The number of halogens is 1. The van der Waals surface area contributed by atoms with Crippen molar-refractivity contribution in [2.75, 3.05) is 18.0 Å². The zero-order chi connectivity index (χ0) is 16.5. The molecule has 0 bridgehead atoms. The largest absolute Gasteiger partial charge is 0.474 e. The third-order valence-electron chi connectivity index (χ3n) is 4.28. The number of hydrogen-bond donors (Lipinski definition) is 0. The molecule has 0 aliphatic carbocycles. The van der Waals surface area contributed by atoms with E-state index in [2.05, 4.69) is 48.9 Å². The van der Waals surface area contributed by atoms with Gasteiger partial charge in [-0.25, -0.2) is 9.50 Å². The summed E-state index contributed by atoms with van der Waals surface area (Å²) in [5.41, 5.74) is 2.00. The molecule has 0 aromatic carbocycles. The highest BCUT2D eigenvalue weighted by molar-refractivity contribution is 9.10. The lowest BCUT2D eigenvalue weighted by Gasteiger charge is -2.33. The van der Waals surface area contributed by atoms with Gasteiger partial charge in [0.15, 0.2) is 5.65 Å². The van der Waals surface area contributed by atoms with Crippen LogP contribution >= 0.6 is 15.9 Å². The number of fused-ring (bicyclic) bond motifs is 1. The first-order valence-corrected chi connectivity index (χ1v) is 8.82. The fourth-order valence-corrected chi connectivity index (χ4v) is 3.53. The summed E-state index contributed by atoms with van der Waals surface area (Å²) in [5.74, 6) is 1.73. The van der Waals surface area contributed by atoms with Crippen LogP contribution in [0.3, 0.4) is 0 Å². The van der Waals surface area contributed by atoms with Crippen molar-refractivity contribution in [3.63, 3.8) is 0 Å². The van der Waals surface area contributed by atoms with Crippen molar-refractivity contribution in [2.24, 2.45) is 0 Å². The Bertz CT molecular complexity index is 857. The number of aryl methyl sites for hydroxylation is 1. The molecule has 1 saturated heterocycles. The molecule has 0 saturated carbocycles. The third kappa shape index (κ3) is 3.08. The summed E-state index contributed by atoms with van der Waals surface area (Å²) in [6.45, 7) is 3.98. The summed E-state index contributed by atoms with van der Waals surface area (Å²) >= 11 is 3.47. The molecule has 1 aliphatic rings. The number of pyridine rings is 1. The second-order valence-corrected chi connectivity index (χ2v) is 6.91. The number of ether oxygens (including phenoxy) is 1. The highest BCUT2D eigenvalue weighted by atomic mass is 79.9. The number of anilines is 1. The predicted molar refractivity (Wildman–Crippen MR) is 95.5 cm³/mol. The van der Waals surface area contributed by atoms with Gasteiger partial charge in [-0.15, -0.1) is 0 Å². The Kier molecular flexibility index (Phi) is 4.10. The van der Waals surface area contributed by atoms with Crippen molar-refractivity contribution in [1.82, 2.24) is 19.6 Å². The highest BCUT2D eigenvalue weighted by Gasteiger charge is 2.23. The van der Waals surface area contributed by atoms with E-state index in [1.807, 2.05) is 24.5 Å². The number of nitrogens with zero attached hydrogens (tertiary/aromatic N) is 5. The van der Waals surface area contributed by atoms with Crippen molar-refractivity contribution < 1.29 is 4.74 Å². The van der Waals surface area contributed by atoms with Gasteiger partial charge in [0, 0.05) is 54.9 Å². The van der Waals surface area contributed by atoms with Crippen molar-refractivity contribution >= 4 is 27.4 Å². The Morgan fingerprint density at radius 2 is 2.08 bits per heavy atom. The maximum atomic E-state index is 6.06. The summed E-state index contributed by atoms with van der Waals surface area (Å²) in [5, 5.41) is 4.15. The number of rotatable bonds is 3. The van der Waals surface area contributed by atoms with Crippen LogP contribution in [0.15, 0.2) is 41.3 Å². The van der Waals surface area contributed by atoms with Crippen molar-refractivity contribution in [1.29, 1.82) is 0 Å². The van der Waals surface area contributed by atoms with Crippen molar-refractivity contribution in [2.45, 2.75) is 25.9 Å². The van der Waals surface area contributed by atoms with Gasteiger partial charge in [-0.1, -0.05) is 0 Å². The fourth-order valence-electron chi connectivity index (χ4n) is 3.08. The van der Waals surface area contributed by atoms with E-state index in [1.165, 1.54) is 5.56 Å². The Balaban J connectivity index is 1.40. The third-order valence-corrected chi connectivity index (χ3v) is 4.71. The van der Waals surface area contributed by atoms with Crippen LogP contribution in [-0.2, 0) is 0 Å². The van der Waals surface area contributed by atoms with E-state index in [0.29, 0.717) is 5.88 Å². The molecule has 124 valence electrons. The van der Waals surface area contributed by atoms with Gasteiger partial charge >= 0.3 is 0 Å². The van der Waals surface area contributed by atoms with E-state index < -0.39 is 0 Å². The molecule has 4 heterocycles. The zero-order valence-electron chi connectivity index (χ0n) is 13.4. The Morgan fingerprint density at radius 1 is 1.25 bits per heavy atom. The monoisotopic (exact) mass is 387 g/mol. The maximum absolute atomic E-state index is 6.06. The average molecular weight is 388 g/mol. The number of aromatic nitrogens is 4. The molecule has 3 aromatic heterocycles. The molecule has 1 fully saturated rings. The molecule has 6 nitrogen and oxygen atoms in total. The van der Waals surface area contributed by atoms with Crippen LogP contribution in [0.5, 0.6) is 5.88 Å². The topological polar surface area (TPSA) is 55.6 Å². The van der Waals surface area contributed by atoms with Crippen molar-refractivity contribution in [3.8, 4) is 5.88 Å². The minimum Gasteiger partial charge on any atom is -0.474 e. The summed E-state index contributed by atoms with van der Waals surface area (Å²) in [6, 6.07) is 5.85. The summed E-state index contributed by atoms with van der Waals surface area (Å²) in [7, 11) is 0. The van der Waals surface area contributed by atoms with Gasteiger partial charge in [-0.2, -0.15) is 10.1 Å². The molecule has 0 atom stereocenters. The van der Waals surface area contributed by atoms with Gasteiger partial charge in [-0.3, -0.25) is 0 Å². The van der Waals surface area contributed by atoms with Gasteiger partial charge in [0.2, 0.25) is 5.88 Å². The normalized spacial score (nSPS) is 15.8. The second kappa shape index (κ2) is 6.39. The quantitative estimate of drug-likeness (QED) is 0.690. The standard InChI is InChI=1S/C17H18BrN5O/c1-12-10-13(18)11-19-17(12)22-7-3-14(4-8-22)24-16-5-9-23-15(21-16)2-6-20-23/h2,5-6,9-11,14H,3-4,7-8H2,1H3. The summed E-state index contributed by atoms with van der Waals surface area (Å²) in [6.07, 6.45) is 7.58. The predicted octanol–water partition coefficient (Wildman–Crippen LogP) is 3.24. The van der Waals surface area contributed by atoms with Crippen LogP contribution in [0.25, 0.3) is 5.65 Å². The van der Waals surface area contributed by atoms with E-state index in [0.717, 1.165) is 41.9 Å². The summed E-state index contributed by atoms with van der Waals surface area (Å²) < 4.78 is 8.81. The van der Waals surface area contributed by atoms with Crippen LogP contribution in [0.2, 0.25) is 0 Å². The van der Waals surface area contributed by atoms with E-state index in [9.17, 15) is 0 Å². The van der Waals surface area contributed by atoms with Crippen LogP contribution in [-0.4, -0.2) is 38.8 Å². The molecule has 7 heteroatoms. The lowest BCUT2D eigenvalue weighted by Crippen LogP contribution is -2.39. The lowest BCUT2D eigenvalue weighted by molar-refractivity contribution is 0.164. The molecule has 1 aliphatic heterocycles. The Hall–Kier alpha value is -2.15. The number of piperidine rings is 1. The smallest absolute Gasteiger partial charge is 0.217 e. The van der Waals surface area contributed by atoms with Gasteiger partial charge in [0.05, 0.1) is 6.20 Å². The van der Waals surface area contributed by atoms with Crippen LogP contribution < -0.4 is 9.64 Å². The molecule has 0 N–H and O–H groups in total. The number of hydrogen-bond acceptors (Lipinski definition) is 5. The molecule has 24 heavy (non-hydrogen) atoms. The zero-order valence-corrected chi connectivity index (χ0v) is 15.0. The molecule has 3 aromatic rings. The van der Waals surface area contributed by atoms with Crippen LogP contribution in [0.1, 0.15) is 18.4 Å². The molecule has 0 amide bonds. The molecule has 0 radical (unpaired) electrons. The molecule has 0 spiro atoms. The average Bonchev–Trinajstić information content (AvgIpc) is 3.04. The van der Waals surface area contributed by atoms with E-state index in [4.69, 9.17) is 4.74 Å². The van der Waals surface area contributed by atoms with E-state index in [1.54, 1.807) is 10.7 Å². The van der Waals surface area contributed by atoms with Gasteiger partial charge in [0.1, 0.15) is 11.9 Å². The Labute approximate surface area is 148 Å². The van der Waals surface area contributed by atoms with Crippen molar-refractivity contribution in [3.05, 3.63) is 46.8 Å². The molecule has 4 rings (SSSR count). The minimum atomic E-state index is 0.190. The highest BCUT2D eigenvalue weighted by Crippen LogP contribution is 2.25. The Morgan fingerprint density at radius 3 is 2.88 bits per heavy atom. The summed E-state index contributed by atoms with van der Waals surface area (Å²) in [4.78, 5) is 11.4. The van der Waals surface area contributed by atoms with Gasteiger partial charge in [0.25, 0.3) is 0 Å². The van der Waals surface area contributed by atoms with Gasteiger partial charge < -0.3 is 9.64 Å². The minimum absolute atomic E-state index is 0.190. The molecular formula is C17H18BrN5O. The van der Waals surface area contributed by atoms with Crippen LogP contribution in [0, 0.1) is 6.92 Å². The fraction of sp³-hybridized carbons (Fsp3) is 0.353. The molecular weight excluding hydrogens is 370 g/mol. The van der Waals surface area contributed by atoms with E-state index in [-0.39, 0.29) is 6.10 Å². The first kappa shape index (κ1) is 15.4. The molecule has 0 unspecified atom stereocenters. The first-order chi connectivity index (χ1) is 11.7. The lowest BCUT2D eigenvalue weighted by atomic mass is 10.1. The van der Waals surface area contributed by atoms with Gasteiger partial charge in [-0.05, 0) is 34.5 Å². The second-order valence-electron chi connectivity index (χ2n) is 6.00. The maximum Gasteiger partial charge on any atom is 0.217 e. The first-order valence-electron chi connectivity index (χ1n) is 8.03. The van der Waals surface area contributed by atoms with E-state index >= 15 is 0 Å².